The van der Waals surface area contributed by atoms with Gasteiger partial charge in [-0.05, 0) is 13.0 Å². The number of ketones is 1. The molecule has 5 heteroatoms. The maximum atomic E-state index is 11.6. The van der Waals surface area contributed by atoms with E-state index in [-0.39, 0.29) is 5.78 Å². The van der Waals surface area contributed by atoms with Crippen LogP contribution in [0.2, 0.25) is 0 Å². The summed E-state index contributed by atoms with van der Waals surface area (Å²) in [6.45, 7) is 3.63. The summed E-state index contributed by atoms with van der Waals surface area (Å²) >= 11 is 0. The van der Waals surface area contributed by atoms with Crippen LogP contribution in [0.3, 0.4) is 0 Å². The minimum Gasteiger partial charge on any atom is -0.383 e. The first-order valence-electron chi connectivity index (χ1n) is 5.34. The third kappa shape index (κ3) is 4.12. The van der Waals surface area contributed by atoms with E-state index in [9.17, 15) is 4.79 Å². The predicted molar refractivity (Wildman–Crippen MR) is 61.4 cm³/mol. The van der Waals surface area contributed by atoms with Crippen molar-refractivity contribution in [3.05, 3.63) is 17.5 Å². The Bertz CT molecular complexity index is 347. The van der Waals surface area contributed by atoms with E-state index in [1.165, 1.54) is 0 Å². The van der Waals surface area contributed by atoms with Gasteiger partial charge in [0.1, 0.15) is 0 Å². The molecule has 0 unspecified atom stereocenters. The molecule has 0 saturated carbocycles. The fourth-order valence-electron chi connectivity index (χ4n) is 1.50. The van der Waals surface area contributed by atoms with E-state index in [4.69, 9.17) is 4.74 Å². The largest absolute Gasteiger partial charge is 0.383 e. The molecule has 0 aliphatic heterocycles. The third-order valence-electron chi connectivity index (χ3n) is 2.28. The molecule has 0 amide bonds. The fourth-order valence-corrected chi connectivity index (χ4v) is 1.50. The molecule has 0 saturated heterocycles. The van der Waals surface area contributed by atoms with Gasteiger partial charge in [0.2, 0.25) is 0 Å². The maximum Gasteiger partial charge on any atom is 0.152 e. The van der Waals surface area contributed by atoms with Gasteiger partial charge in [0, 0.05) is 32.8 Å². The normalized spacial score (nSPS) is 10.7. The summed E-state index contributed by atoms with van der Waals surface area (Å²) in [5.41, 5.74) is 1.90. The number of nitrogens with zero attached hydrogens (tertiary/aromatic N) is 2. The van der Waals surface area contributed by atoms with E-state index in [0.717, 1.165) is 11.4 Å². The molecule has 1 aromatic heterocycles. The molecule has 16 heavy (non-hydrogen) atoms. The minimum atomic E-state index is 0.166. The molecule has 1 heterocycles. The average molecular weight is 225 g/mol. The Balaban J connectivity index is 2.31. The molecule has 0 spiro atoms. The van der Waals surface area contributed by atoms with E-state index in [1.54, 1.807) is 11.8 Å². The van der Waals surface area contributed by atoms with Gasteiger partial charge < -0.3 is 10.1 Å². The summed E-state index contributed by atoms with van der Waals surface area (Å²) in [4.78, 5) is 11.6. The number of aromatic nitrogens is 2. The number of rotatable bonds is 7. The zero-order valence-electron chi connectivity index (χ0n) is 10.1. The van der Waals surface area contributed by atoms with E-state index in [0.29, 0.717) is 26.1 Å². The quantitative estimate of drug-likeness (QED) is 0.668. The standard InChI is InChI=1S/C11H19N3O2/c1-9-6-10(14(2)13-9)7-11(15)8-12-4-5-16-3/h6,12H,4-5,7-8H2,1-3H3. The Labute approximate surface area is 95.8 Å². The number of hydrogen-bond donors (Lipinski definition) is 1. The number of Topliss-reactive ketones (excluding diaryl/α,β-unsaturated/α-hetero) is 1. The number of hydrogen-bond acceptors (Lipinski definition) is 4. The highest BCUT2D eigenvalue weighted by Crippen LogP contribution is 2.02. The zero-order valence-corrected chi connectivity index (χ0v) is 10.1. The Hall–Kier alpha value is -1.20. The number of methoxy groups -OCH3 is 1. The number of nitrogens with one attached hydrogen (secondary N) is 1. The first-order chi connectivity index (χ1) is 7.63. The van der Waals surface area contributed by atoms with Crippen LogP contribution in [0.25, 0.3) is 0 Å². The number of aryl methyl sites for hydroxylation is 2. The summed E-state index contributed by atoms with van der Waals surface area (Å²) in [6, 6.07) is 1.94. The van der Waals surface area contributed by atoms with Crippen LogP contribution >= 0.6 is 0 Å². The lowest BCUT2D eigenvalue weighted by Crippen LogP contribution is -2.27. The number of ether oxygens (including phenoxy) is 1. The number of carbonyl (C=O) groups excluding carboxylic acids is 1. The van der Waals surface area contributed by atoms with Crippen LogP contribution in [-0.2, 0) is 23.0 Å². The van der Waals surface area contributed by atoms with Crippen molar-refractivity contribution in [2.45, 2.75) is 13.3 Å². The van der Waals surface area contributed by atoms with Gasteiger partial charge in [-0.3, -0.25) is 9.48 Å². The highest BCUT2D eigenvalue weighted by Gasteiger charge is 2.07. The van der Waals surface area contributed by atoms with Crippen molar-refractivity contribution >= 4 is 5.78 Å². The Morgan fingerprint density at radius 3 is 2.94 bits per heavy atom. The van der Waals surface area contributed by atoms with Crippen LogP contribution in [0.1, 0.15) is 11.4 Å². The van der Waals surface area contributed by atoms with Crippen LogP contribution in [0.4, 0.5) is 0 Å². The molecule has 0 aromatic carbocycles. The second-order valence-corrected chi connectivity index (χ2v) is 3.79. The zero-order chi connectivity index (χ0) is 12.0. The van der Waals surface area contributed by atoms with Gasteiger partial charge in [-0.25, -0.2) is 0 Å². The second-order valence-electron chi connectivity index (χ2n) is 3.79. The van der Waals surface area contributed by atoms with Crippen LogP contribution < -0.4 is 5.32 Å². The van der Waals surface area contributed by atoms with E-state index in [1.807, 2.05) is 20.0 Å². The lowest BCUT2D eigenvalue weighted by molar-refractivity contribution is -0.117. The molecular formula is C11H19N3O2. The molecule has 5 nitrogen and oxygen atoms in total. The first kappa shape index (κ1) is 12.9. The maximum absolute atomic E-state index is 11.6. The number of carbonyl (C=O) groups is 1. The van der Waals surface area contributed by atoms with Crippen LogP contribution in [0.15, 0.2) is 6.07 Å². The van der Waals surface area contributed by atoms with Gasteiger partial charge in [0.05, 0.1) is 18.8 Å². The smallest absolute Gasteiger partial charge is 0.152 e. The van der Waals surface area contributed by atoms with Crippen LogP contribution in [0.5, 0.6) is 0 Å². The van der Waals surface area contributed by atoms with Gasteiger partial charge in [0.15, 0.2) is 5.78 Å². The lowest BCUT2D eigenvalue weighted by Gasteiger charge is -2.03. The van der Waals surface area contributed by atoms with Crippen molar-refractivity contribution in [1.29, 1.82) is 0 Å². The Kier molecular flexibility index (Phi) is 5.14. The highest BCUT2D eigenvalue weighted by atomic mass is 16.5. The summed E-state index contributed by atoms with van der Waals surface area (Å²) in [5.74, 6) is 0.166. The molecule has 0 radical (unpaired) electrons. The van der Waals surface area contributed by atoms with Gasteiger partial charge in [-0.1, -0.05) is 0 Å². The Morgan fingerprint density at radius 1 is 1.62 bits per heavy atom. The van der Waals surface area contributed by atoms with Crippen molar-refractivity contribution in [1.82, 2.24) is 15.1 Å². The van der Waals surface area contributed by atoms with E-state index >= 15 is 0 Å². The molecule has 0 bridgehead atoms. The molecule has 1 rings (SSSR count). The van der Waals surface area contributed by atoms with Crippen LogP contribution in [0, 0.1) is 6.92 Å². The van der Waals surface area contributed by atoms with Crippen molar-refractivity contribution in [2.24, 2.45) is 7.05 Å². The molecule has 1 N–H and O–H groups in total. The molecule has 90 valence electrons. The third-order valence-corrected chi connectivity index (χ3v) is 2.28. The first-order valence-corrected chi connectivity index (χ1v) is 5.34. The SMILES string of the molecule is COCCNCC(=O)Cc1cc(C)nn1C. The van der Waals surface area contributed by atoms with Gasteiger partial charge in [-0.15, -0.1) is 0 Å². The van der Waals surface area contributed by atoms with E-state index < -0.39 is 0 Å². The highest BCUT2D eigenvalue weighted by molar-refractivity contribution is 5.82. The molecule has 1 aromatic rings. The monoisotopic (exact) mass is 225 g/mol. The van der Waals surface area contributed by atoms with Crippen molar-refractivity contribution in [2.75, 3.05) is 26.8 Å². The second kappa shape index (κ2) is 6.40. The Morgan fingerprint density at radius 2 is 2.38 bits per heavy atom. The van der Waals surface area contributed by atoms with Crippen molar-refractivity contribution in [3.8, 4) is 0 Å². The topological polar surface area (TPSA) is 56.1 Å². The van der Waals surface area contributed by atoms with Crippen molar-refractivity contribution < 1.29 is 9.53 Å². The summed E-state index contributed by atoms with van der Waals surface area (Å²) < 4.78 is 6.63. The van der Waals surface area contributed by atoms with Gasteiger partial charge in [-0.2, -0.15) is 5.10 Å². The fraction of sp³-hybridized carbons (Fsp3) is 0.636. The average Bonchev–Trinajstić information content (AvgIpc) is 2.52. The van der Waals surface area contributed by atoms with Gasteiger partial charge in [0.25, 0.3) is 0 Å². The van der Waals surface area contributed by atoms with Crippen LogP contribution in [-0.4, -0.2) is 42.4 Å². The lowest BCUT2D eigenvalue weighted by atomic mass is 10.2. The predicted octanol–water partition coefficient (Wildman–Crippen LogP) is 0.0761. The molecular weight excluding hydrogens is 206 g/mol. The molecule has 0 aliphatic carbocycles. The molecule has 0 fully saturated rings. The minimum absolute atomic E-state index is 0.166. The van der Waals surface area contributed by atoms with Gasteiger partial charge >= 0.3 is 0 Å². The molecule has 0 aliphatic rings. The summed E-state index contributed by atoms with van der Waals surface area (Å²) in [6.07, 6.45) is 0.428. The summed E-state index contributed by atoms with van der Waals surface area (Å²) in [5, 5.41) is 7.23. The summed E-state index contributed by atoms with van der Waals surface area (Å²) in [7, 11) is 3.50. The van der Waals surface area contributed by atoms with Crippen molar-refractivity contribution in [3.63, 3.8) is 0 Å². The van der Waals surface area contributed by atoms with E-state index in [2.05, 4.69) is 10.4 Å². The molecule has 0 atom stereocenters.